The summed E-state index contributed by atoms with van der Waals surface area (Å²) in [5, 5.41) is 3.31. The van der Waals surface area contributed by atoms with Crippen LogP contribution in [0.25, 0.3) is 0 Å². The Balaban J connectivity index is 1.97. The lowest BCUT2D eigenvalue weighted by Crippen LogP contribution is -2.29. The molecule has 1 heterocycles. The number of benzene rings is 1. The van der Waals surface area contributed by atoms with Gasteiger partial charge in [-0.15, -0.1) is 0 Å². The predicted molar refractivity (Wildman–Crippen MR) is 97.0 cm³/mol. The Morgan fingerprint density at radius 1 is 1.28 bits per heavy atom. The van der Waals surface area contributed by atoms with Crippen molar-refractivity contribution >= 4 is 11.6 Å². The monoisotopic (exact) mass is 363 g/mol. The topological polar surface area (TPSA) is 21.3 Å². The first kappa shape index (κ1) is 17.7. The third kappa shape index (κ3) is 3.79. The normalized spacial score (nSPS) is 22.7. The fourth-order valence-corrected chi connectivity index (χ4v) is 3.47. The van der Waals surface area contributed by atoms with E-state index in [0.717, 1.165) is 5.57 Å². The molecule has 2 atom stereocenters. The number of rotatable bonds is 4. The maximum absolute atomic E-state index is 15.3. The van der Waals surface area contributed by atoms with Crippen LogP contribution in [0.3, 0.4) is 0 Å². The standard InChI is InChI=1S/C20H20ClF2NO/c1-12-13(7-9-18(22)24-12)10-15-6-8-17(25-2)19(20(15)23)14-4-3-5-16(21)11-14/h3,5-9,11-12,14,24H,4,10H2,1-2H3. The van der Waals surface area contributed by atoms with Crippen molar-refractivity contribution in [2.24, 2.45) is 0 Å². The second-order valence-electron chi connectivity index (χ2n) is 6.25. The molecule has 0 amide bonds. The molecule has 1 aromatic rings. The van der Waals surface area contributed by atoms with Gasteiger partial charge >= 0.3 is 0 Å². The van der Waals surface area contributed by atoms with Crippen molar-refractivity contribution in [3.63, 3.8) is 0 Å². The van der Waals surface area contributed by atoms with Crippen molar-refractivity contribution < 1.29 is 13.5 Å². The summed E-state index contributed by atoms with van der Waals surface area (Å²) in [5.41, 5.74) is 2.00. The van der Waals surface area contributed by atoms with Crippen molar-refractivity contribution in [1.29, 1.82) is 0 Å². The minimum absolute atomic E-state index is 0.166. The molecule has 132 valence electrons. The average Bonchev–Trinajstić information content (AvgIpc) is 2.58. The third-order valence-corrected chi connectivity index (χ3v) is 4.84. The highest BCUT2D eigenvalue weighted by Crippen LogP contribution is 2.38. The van der Waals surface area contributed by atoms with E-state index in [1.165, 1.54) is 13.2 Å². The van der Waals surface area contributed by atoms with E-state index < -0.39 is 0 Å². The molecular weight excluding hydrogens is 344 g/mol. The van der Waals surface area contributed by atoms with Gasteiger partial charge in [0.15, 0.2) is 5.95 Å². The summed E-state index contributed by atoms with van der Waals surface area (Å²) in [5.74, 6) is -0.318. The summed E-state index contributed by atoms with van der Waals surface area (Å²) in [7, 11) is 1.53. The minimum Gasteiger partial charge on any atom is -0.496 e. The van der Waals surface area contributed by atoms with Crippen LogP contribution >= 0.6 is 11.6 Å². The lowest BCUT2D eigenvalue weighted by molar-refractivity contribution is 0.401. The number of hydrogen-bond acceptors (Lipinski definition) is 2. The molecule has 2 unspecified atom stereocenters. The fraction of sp³-hybridized carbons (Fsp3) is 0.300. The number of ether oxygens (including phenoxy) is 1. The number of nitrogens with one attached hydrogen (secondary N) is 1. The summed E-state index contributed by atoms with van der Waals surface area (Å²) < 4.78 is 33.9. The Labute approximate surface area is 151 Å². The Morgan fingerprint density at radius 3 is 2.76 bits per heavy atom. The highest BCUT2D eigenvalue weighted by molar-refractivity contribution is 6.31. The molecule has 0 aromatic heterocycles. The van der Waals surface area contributed by atoms with Crippen molar-refractivity contribution in [2.75, 3.05) is 7.11 Å². The summed E-state index contributed by atoms with van der Waals surface area (Å²) in [4.78, 5) is 0. The van der Waals surface area contributed by atoms with Crippen LogP contribution in [0.4, 0.5) is 8.78 Å². The number of halogens is 3. The Morgan fingerprint density at radius 2 is 2.08 bits per heavy atom. The van der Waals surface area contributed by atoms with Gasteiger partial charge in [0, 0.05) is 22.6 Å². The maximum Gasteiger partial charge on any atom is 0.187 e. The lowest BCUT2D eigenvalue weighted by Gasteiger charge is -2.23. The van der Waals surface area contributed by atoms with Gasteiger partial charge in [0.25, 0.3) is 0 Å². The van der Waals surface area contributed by atoms with Crippen LogP contribution in [0.15, 0.2) is 59.1 Å². The van der Waals surface area contributed by atoms with E-state index in [0.29, 0.717) is 34.8 Å². The van der Waals surface area contributed by atoms with E-state index in [4.69, 9.17) is 16.3 Å². The molecule has 25 heavy (non-hydrogen) atoms. The smallest absolute Gasteiger partial charge is 0.187 e. The van der Waals surface area contributed by atoms with Crippen LogP contribution in [0, 0.1) is 5.82 Å². The lowest BCUT2D eigenvalue weighted by atomic mass is 9.88. The van der Waals surface area contributed by atoms with Gasteiger partial charge in [0.1, 0.15) is 11.6 Å². The molecular formula is C20H20ClF2NO. The molecule has 0 saturated heterocycles. The molecule has 1 aliphatic heterocycles. The summed E-state index contributed by atoms with van der Waals surface area (Å²) in [6, 6.07) is 3.33. The van der Waals surface area contributed by atoms with E-state index in [1.807, 2.05) is 25.2 Å². The minimum atomic E-state index is -0.374. The SMILES string of the molecule is COc1ccc(CC2=CC=C(F)NC2C)c(F)c1C1C=C(Cl)C=CC1. The van der Waals surface area contributed by atoms with Gasteiger partial charge in [-0.1, -0.05) is 35.9 Å². The Bertz CT molecular complexity index is 795. The first-order valence-corrected chi connectivity index (χ1v) is 8.59. The Hall–Kier alpha value is -2.07. The van der Waals surface area contributed by atoms with E-state index in [9.17, 15) is 4.39 Å². The fourth-order valence-electron chi connectivity index (χ4n) is 3.23. The molecule has 0 radical (unpaired) electrons. The molecule has 5 heteroatoms. The van der Waals surface area contributed by atoms with Crippen LogP contribution in [0.5, 0.6) is 5.75 Å². The quantitative estimate of drug-likeness (QED) is 0.735. The number of allylic oxidation sites excluding steroid dienone is 6. The van der Waals surface area contributed by atoms with Gasteiger partial charge in [0.2, 0.25) is 0 Å². The first-order valence-electron chi connectivity index (χ1n) is 8.21. The molecule has 0 bridgehead atoms. The van der Waals surface area contributed by atoms with Crippen LogP contribution in [0.2, 0.25) is 0 Å². The van der Waals surface area contributed by atoms with Crippen molar-refractivity contribution in [3.8, 4) is 5.75 Å². The predicted octanol–water partition coefficient (Wildman–Crippen LogP) is 5.27. The first-order chi connectivity index (χ1) is 12.0. The molecule has 1 aromatic carbocycles. The van der Waals surface area contributed by atoms with E-state index in [1.54, 1.807) is 18.2 Å². The molecule has 2 nitrogen and oxygen atoms in total. The molecule has 1 aliphatic carbocycles. The number of dihydropyridines is 1. The van der Waals surface area contributed by atoms with Gasteiger partial charge in [-0.2, -0.15) is 4.39 Å². The molecule has 2 aliphatic rings. The van der Waals surface area contributed by atoms with Crippen molar-refractivity contribution in [2.45, 2.75) is 31.7 Å². The molecule has 0 fully saturated rings. The third-order valence-electron chi connectivity index (χ3n) is 4.59. The van der Waals surface area contributed by atoms with Gasteiger partial charge in [0.05, 0.1) is 7.11 Å². The van der Waals surface area contributed by atoms with Gasteiger partial charge in [-0.05, 0) is 49.1 Å². The van der Waals surface area contributed by atoms with Crippen LogP contribution in [-0.2, 0) is 6.42 Å². The van der Waals surface area contributed by atoms with Crippen molar-refractivity contribution in [1.82, 2.24) is 5.32 Å². The largest absolute Gasteiger partial charge is 0.496 e. The summed E-state index contributed by atoms with van der Waals surface area (Å²) in [6.07, 6.45) is 9.73. The zero-order chi connectivity index (χ0) is 18.0. The van der Waals surface area contributed by atoms with E-state index in [-0.39, 0.29) is 23.7 Å². The van der Waals surface area contributed by atoms with Gasteiger partial charge in [-0.3, -0.25) is 0 Å². The summed E-state index contributed by atoms with van der Waals surface area (Å²) >= 11 is 6.09. The highest BCUT2D eigenvalue weighted by atomic mass is 35.5. The average molecular weight is 364 g/mol. The summed E-state index contributed by atoms with van der Waals surface area (Å²) in [6.45, 7) is 1.86. The van der Waals surface area contributed by atoms with E-state index >= 15 is 4.39 Å². The van der Waals surface area contributed by atoms with Crippen molar-refractivity contribution in [3.05, 3.63) is 76.0 Å². The number of methoxy groups -OCH3 is 1. The van der Waals surface area contributed by atoms with Crippen LogP contribution < -0.4 is 10.1 Å². The molecule has 0 saturated carbocycles. The highest BCUT2D eigenvalue weighted by Gasteiger charge is 2.24. The van der Waals surface area contributed by atoms with Gasteiger partial charge in [-0.25, -0.2) is 4.39 Å². The maximum atomic E-state index is 15.3. The molecule has 0 spiro atoms. The number of hydrogen-bond donors (Lipinski definition) is 1. The second kappa shape index (κ2) is 7.44. The zero-order valence-corrected chi connectivity index (χ0v) is 14.9. The van der Waals surface area contributed by atoms with Gasteiger partial charge < -0.3 is 10.1 Å². The van der Waals surface area contributed by atoms with Crippen LogP contribution in [0.1, 0.15) is 30.4 Å². The Kier molecular flexibility index (Phi) is 5.28. The zero-order valence-electron chi connectivity index (χ0n) is 14.2. The van der Waals surface area contributed by atoms with E-state index in [2.05, 4.69) is 5.32 Å². The second-order valence-corrected chi connectivity index (χ2v) is 6.69. The molecule has 1 N–H and O–H groups in total. The molecule has 3 rings (SSSR count). The van der Waals surface area contributed by atoms with Crippen LogP contribution in [-0.4, -0.2) is 13.2 Å².